The Labute approximate surface area is 107 Å². The van der Waals surface area contributed by atoms with E-state index in [1.807, 2.05) is 0 Å². The van der Waals surface area contributed by atoms with Gasteiger partial charge in [-0.3, -0.25) is 4.74 Å². The highest BCUT2D eigenvalue weighted by molar-refractivity contribution is 4.86. The summed E-state index contributed by atoms with van der Waals surface area (Å²) in [6, 6.07) is -3.55. The summed E-state index contributed by atoms with van der Waals surface area (Å²) in [5.74, 6) is -5.68. The second-order valence-corrected chi connectivity index (χ2v) is 3.16. The number of hydrogen-bond donors (Lipinski definition) is 1. The minimum absolute atomic E-state index is 2.10. The first-order valence-corrected chi connectivity index (χ1v) is 4.32. The van der Waals surface area contributed by atoms with Gasteiger partial charge in [0.1, 0.15) is 6.61 Å². The molecule has 0 amide bonds. The number of aliphatic hydroxyl groups is 1. The van der Waals surface area contributed by atoms with E-state index in [0.717, 1.165) is 0 Å². The normalized spacial score (nSPS) is 16.4. The fourth-order valence-corrected chi connectivity index (χ4v) is 0.653. The molecule has 0 aromatic carbocycles. The minimum atomic E-state index is -6.56. The van der Waals surface area contributed by atoms with Gasteiger partial charge in [0.25, 0.3) is 0 Å². The molecule has 1 N–H and O–H groups in total. The van der Waals surface area contributed by atoms with E-state index in [0.29, 0.717) is 0 Å². The summed E-state index contributed by atoms with van der Waals surface area (Å²) in [4.78, 5) is 0. The third-order valence-electron chi connectivity index (χ3n) is 1.62. The van der Waals surface area contributed by atoms with Gasteiger partial charge in [-0.15, -0.1) is 0 Å². The first-order valence-electron chi connectivity index (χ1n) is 4.32. The molecule has 0 aromatic rings. The van der Waals surface area contributed by atoms with Crippen LogP contribution in [0.3, 0.4) is 0 Å². The molecule has 0 spiro atoms. The quantitative estimate of drug-likeness (QED) is 0.593. The summed E-state index contributed by atoms with van der Waals surface area (Å²) in [5.41, 5.74) is 0. The van der Waals surface area contributed by atoms with Gasteiger partial charge in [0.05, 0.1) is 0 Å². The third kappa shape index (κ3) is 4.33. The van der Waals surface area contributed by atoms with Crippen LogP contribution >= 0.6 is 0 Å². The van der Waals surface area contributed by atoms with Crippen LogP contribution < -0.4 is 0 Å². The molecule has 0 saturated carbocycles. The Balaban J connectivity index is 5.42. The number of alkyl halides is 8. The molecule has 0 bridgehead atoms. The molecule has 0 heterocycles. The Kier molecular flexibility index (Phi) is 5.46. The van der Waals surface area contributed by atoms with Crippen molar-refractivity contribution < 1.29 is 62.9 Å². The van der Waals surface area contributed by atoms with Crippen LogP contribution in [0, 0.1) is 0 Å². The van der Waals surface area contributed by atoms with Crippen LogP contribution in [0.2, 0.25) is 0 Å². The first-order chi connectivity index (χ1) is 9.09. The summed E-state index contributed by atoms with van der Waals surface area (Å²) in [5, 5.41) is 7.98. The van der Waals surface area contributed by atoms with E-state index in [1.165, 1.54) is 0 Å². The lowest BCUT2D eigenvalue weighted by molar-refractivity contribution is -0.490. The molecule has 0 fully saturated rings. The van der Waals surface area contributed by atoms with Crippen molar-refractivity contribution in [3.63, 3.8) is 0 Å². The predicted octanol–water partition coefficient (Wildman–Crippen LogP) is 3.46. The summed E-state index contributed by atoms with van der Waals surface area (Å²) in [6.45, 7) is -2.88. The minimum Gasteiger partial charge on any atom is -0.396 e. The molecule has 1 atom stereocenters. The SMILES string of the molecule is OCC(F)(OC(F)(F)C(F)(F)OC(F)=C(F)F)C(F)(F)F. The van der Waals surface area contributed by atoms with Gasteiger partial charge in [-0.25, -0.2) is 0 Å². The fourth-order valence-electron chi connectivity index (χ4n) is 0.653. The Morgan fingerprint density at radius 1 is 0.810 bits per heavy atom. The molecule has 3 nitrogen and oxygen atoms in total. The van der Waals surface area contributed by atoms with Crippen molar-refractivity contribution in [3.05, 3.63) is 12.1 Å². The Bertz CT molecular complexity index is 399. The van der Waals surface area contributed by atoms with Crippen LogP contribution in [0.5, 0.6) is 0 Å². The Hall–Kier alpha value is -1.31. The van der Waals surface area contributed by atoms with Gasteiger partial charge >= 0.3 is 36.3 Å². The van der Waals surface area contributed by atoms with Gasteiger partial charge in [0.15, 0.2) is 0 Å². The van der Waals surface area contributed by atoms with E-state index < -0.39 is 42.9 Å². The maximum absolute atomic E-state index is 12.8. The molecule has 0 saturated heterocycles. The smallest absolute Gasteiger partial charge is 0.396 e. The van der Waals surface area contributed by atoms with E-state index in [-0.39, 0.29) is 0 Å². The van der Waals surface area contributed by atoms with Crippen LogP contribution in [0.4, 0.5) is 48.3 Å². The zero-order valence-electron chi connectivity index (χ0n) is 9.13. The fraction of sp³-hybridized carbons (Fsp3) is 0.714. The molecule has 0 aliphatic heterocycles. The lowest BCUT2D eigenvalue weighted by atomic mass is 10.3. The van der Waals surface area contributed by atoms with Crippen LogP contribution in [-0.4, -0.2) is 36.0 Å². The molecule has 0 rings (SSSR count). The summed E-state index contributed by atoms with van der Waals surface area (Å²) in [6.07, 6.45) is -23.1. The lowest BCUT2D eigenvalue weighted by Crippen LogP contribution is -2.56. The van der Waals surface area contributed by atoms with Crippen molar-refractivity contribution in [3.8, 4) is 0 Å². The van der Waals surface area contributed by atoms with Crippen molar-refractivity contribution in [1.82, 2.24) is 0 Å². The summed E-state index contributed by atoms with van der Waals surface area (Å²) in [7, 11) is 0. The van der Waals surface area contributed by atoms with Crippen LogP contribution in [0.1, 0.15) is 0 Å². The van der Waals surface area contributed by atoms with E-state index in [1.54, 1.807) is 0 Å². The van der Waals surface area contributed by atoms with Crippen LogP contribution in [0.25, 0.3) is 0 Å². The highest BCUT2D eigenvalue weighted by atomic mass is 19.4. The number of halogens is 11. The Morgan fingerprint density at radius 3 is 1.52 bits per heavy atom. The number of ether oxygens (including phenoxy) is 2. The molecule has 0 aromatic heterocycles. The number of hydrogen-bond acceptors (Lipinski definition) is 3. The van der Waals surface area contributed by atoms with Gasteiger partial charge in [-0.1, -0.05) is 0 Å². The second-order valence-electron chi connectivity index (χ2n) is 3.16. The highest BCUT2D eigenvalue weighted by Gasteiger charge is 2.71. The average Bonchev–Trinajstić information content (AvgIpc) is 2.25. The van der Waals surface area contributed by atoms with Crippen molar-refractivity contribution in [2.75, 3.05) is 6.61 Å². The van der Waals surface area contributed by atoms with Crippen molar-refractivity contribution in [1.29, 1.82) is 0 Å². The Morgan fingerprint density at radius 2 is 1.24 bits per heavy atom. The van der Waals surface area contributed by atoms with Crippen LogP contribution in [-0.2, 0) is 9.47 Å². The van der Waals surface area contributed by atoms with E-state index >= 15 is 0 Å². The summed E-state index contributed by atoms with van der Waals surface area (Å²) >= 11 is 0. The monoisotopic (exact) mass is 344 g/mol. The maximum Gasteiger partial charge on any atom is 0.495 e. The molecule has 1 unspecified atom stereocenters. The third-order valence-corrected chi connectivity index (χ3v) is 1.62. The summed E-state index contributed by atoms with van der Waals surface area (Å²) < 4.78 is 138. The zero-order chi connectivity index (χ0) is 17.3. The molecule has 0 aliphatic carbocycles. The molecular formula is C7H3F11O3. The van der Waals surface area contributed by atoms with Gasteiger partial charge < -0.3 is 9.84 Å². The molecule has 0 aliphatic rings. The molecule has 126 valence electrons. The maximum atomic E-state index is 12.8. The average molecular weight is 344 g/mol. The van der Waals surface area contributed by atoms with Crippen molar-refractivity contribution in [2.24, 2.45) is 0 Å². The van der Waals surface area contributed by atoms with Gasteiger partial charge in [-0.05, 0) is 0 Å². The molecule has 21 heavy (non-hydrogen) atoms. The van der Waals surface area contributed by atoms with E-state index in [9.17, 15) is 48.3 Å². The van der Waals surface area contributed by atoms with Gasteiger partial charge in [-0.2, -0.15) is 48.3 Å². The van der Waals surface area contributed by atoms with E-state index in [2.05, 4.69) is 9.47 Å². The molecule has 0 radical (unpaired) electrons. The van der Waals surface area contributed by atoms with Gasteiger partial charge in [0, 0.05) is 0 Å². The van der Waals surface area contributed by atoms with Crippen molar-refractivity contribution in [2.45, 2.75) is 24.2 Å². The van der Waals surface area contributed by atoms with Crippen molar-refractivity contribution >= 4 is 0 Å². The predicted molar refractivity (Wildman–Crippen MR) is 39.4 cm³/mol. The molecule has 14 heteroatoms. The lowest BCUT2D eigenvalue weighted by Gasteiger charge is -2.32. The number of aliphatic hydroxyl groups excluding tert-OH is 1. The highest BCUT2D eigenvalue weighted by Crippen LogP contribution is 2.45. The van der Waals surface area contributed by atoms with E-state index in [4.69, 9.17) is 5.11 Å². The zero-order valence-corrected chi connectivity index (χ0v) is 9.13. The standard InChI is InChI=1S/C7H3F11O3/c8-2(9)3(10)20-6(15,16)7(17,18)21-4(11,1-19)5(12,13)14/h19H,1H2. The first kappa shape index (κ1) is 19.7. The number of rotatable bonds is 6. The second kappa shape index (κ2) is 5.82. The van der Waals surface area contributed by atoms with Crippen LogP contribution in [0.15, 0.2) is 12.1 Å². The topological polar surface area (TPSA) is 38.7 Å². The molecular weight excluding hydrogens is 341 g/mol. The van der Waals surface area contributed by atoms with Gasteiger partial charge in [0.2, 0.25) is 0 Å². The largest absolute Gasteiger partial charge is 0.495 e.